The maximum atomic E-state index is 11.7. The Bertz CT molecular complexity index is 313. The van der Waals surface area contributed by atoms with Crippen LogP contribution in [0.4, 0.5) is 0 Å². The lowest BCUT2D eigenvalue weighted by atomic mass is 10.2. The first-order chi connectivity index (χ1) is 6.08. The molecular weight excluding hydrogens is 207 g/mol. The molecule has 0 saturated heterocycles. The molecule has 2 nitrogen and oxygen atoms in total. The van der Waals surface area contributed by atoms with Crippen LogP contribution < -0.4 is 0 Å². The molecule has 0 aliphatic heterocycles. The second kappa shape index (κ2) is 4.28. The standard InChI is InChI=1S/C9H12ClO2P/c1-12-13(2,11)9(10)8-6-4-3-5-7-8/h3-7,9H,1-2H3. The summed E-state index contributed by atoms with van der Waals surface area (Å²) in [6, 6.07) is 9.29. The van der Waals surface area contributed by atoms with Crippen LogP contribution in [0.25, 0.3) is 0 Å². The van der Waals surface area contributed by atoms with E-state index in [1.165, 1.54) is 13.8 Å². The highest BCUT2D eigenvalue weighted by molar-refractivity contribution is 7.60. The lowest BCUT2D eigenvalue weighted by molar-refractivity contribution is 0.396. The molecule has 0 fully saturated rings. The highest BCUT2D eigenvalue weighted by atomic mass is 35.5. The molecule has 13 heavy (non-hydrogen) atoms. The number of halogens is 1. The van der Waals surface area contributed by atoms with E-state index in [1.54, 1.807) is 0 Å². The Morgan fingerprint density at radius 1 is 1.38 bits per heavy atom. The van der Waals surface area contributed by atoms with Crippen LogP contribution in [0.2, 0.25) is 0 Å². The van der Waals surface area contributed by atoms with Gasteiger partial charge in [0.25, 0.3) is 0 Å². The van der Waals surface area contributed by atoms with Gasteiger partial charge in [0, 0.05) is 13.8 Å². The average molecular weight is 219 g/mol. The highest BCUT2D eigenvalue weighted by Gasteiger charge is 2.27. The van der Waals surface area contributed by atoms with Gasteiger partial charge in [-0.05, 0) is 5.56 Å². The SMILES string of the molecule is COP(C)(=O)C(Cl)c1ccccc1. The maximum Gasteiger partial charge on any atom is 0.221 e. The number of hydrogen-bond acceptors (Lipinski definition) is 2. The van der Waals surface area contributed by atoms with E-state index in [9.17, 15) is 4.57 Å². The van der Waals surface area contributed by atoms with Gasteiger partial charge in [-0.2, -0.15) is 0 Å². The van der Waals surface area contributed by atoms with Gasteiger partial charge in [-0.15, -0.1) is 11.6 Å². The van der Waals surface area contributed by atoms with Gasteiger partial charge in [0.05, 0.1) is 0 Å². The van der Waals surface area contributed by atoms with Gasteiger partial charge in [0.15, 0.2) is 0 Å². The molecule has 0 aromatic heterocycles. The quantitative estimate of drug-likeness (QED) is 0.574. The zero-order valence-corrected chi connectivity index (χ0v) is 9.26. The van der Waals surface area contributed by atoms with Crippen LogP contribution in [0.5, 0.6) is 0 Å². The van der Waals surface area contributed by atoms with Crippen molar-refractivity contribution in [3.63, 3.8) is 0 Å². The Hall–Kier alpha value is -0.300. The fourth-order valence-corrected chi connectivity index (χ4v) is 2.26. The number of rotatable bonds is 3. The predicted octanol–water partition coefficient (Wildman–Crippen LogP) is 3.48. The van der Waals surface area contributed by atoms with E-state index in [0.717, 1.165) is 5.56 Å². The highest BCUT2D eigenvalue weighted by Crippen LogP contribution is 2.58. The molecule has 0 N–H and O–H groups in total. The monoisotopic (exact) mass is 218 g/mol. The minimum Gasteiger partial charge on any atom is -0.331 e. The summed E-state index contributed by atoms with van der Waals surface area (Å²) in [6.07, 6.45) is 0. The summed E-state index contributed by atoms with van der Waals surface area (Å²) in [5, 5.41) is -0.557. The van der Waals surface area contributed by atoms with Crippen molar-refractivity contribution in [1.82, 2.24) is 0 Å². The summed E-state index contributed by atoms with van der Waals surface area (Å²) in [4.78, 5) is 0. The molecule has 1 aromatic rings. The van der Waals surface area contributed by atoms with Gasteiger partial charge in [0.1, 0.15) is 5.12 Å². The van der Waals surface area contributed by atoms with Gasteiger partial charge in [0.2, 0.25) is 7.37 Å². The van der Waals surface area contributed by atoms with Crippen LogP contribution >= 0.6 is 19.0 Å². The molecule has 0 aliphatic rings. The molecule has 0 saturated carbocycles. The summed E-state index contributed by atoms with van der Waals surface area (Å²) >= 11 is 6.01. The summed E-state index contributed by atoms with van der Waals surface area (Å²) in [6.45, 7) is 1.54. The van der Waals surface area contributed by atoms with Gasteiger partial charge < -0.3 is 4.52 Å². The zero-order chi connectivity index (χ0) is 9.90. The van der Waals surface area contributed by atoms with Crippen LogP contribution in [-0.2, 0) is 9.09 Å². The Kier molecular flexibility index (Phi) is 3.55. The molecule has 2 atom stereocenters. The minimum atomic E-state index is -2.72. The van der Waals surface area contributed by atoms with E-state index in [-0.39, 0.29) is 0 Å². The van der Waals surface area contributed by atoms with Crippen LogP contribution in [0.3, 0.4) is 0 Å². The third-order valence-corrected chi connectivity index (χ3v) is 5.01. The Morgan fingerprint density at radius 2 is 1.92 bits per heavy atom. The van der Waals surface area contributed by atoms with Gasteiger partial charge >= 0.3 is 0 Å². The van der Waals surface area contributed by atoms with Gasteiger partial charge in [-0.25, -0.2) is 0 Å². The molecule has 4 heteroatoms. The molecule has 2 unspecified atom stereocenters. The number of benzene rings is 1. The van der Waals surface area contributed by atoms with E-state index < -0.39 is 12.5 Å². The fourth-order valence-electron chi connectivity index (χ4n) is 0.975. The van der Waals surface area contributed by atoms with Crippen molar-refractivity contribution < 1.29 is 9.09 Å². The Labute approximate surface area is 83.3 Å². The van der Waals surface area contributed by atoms with Crippen molar-refractivity contribution in [3.05, 3.63) is 35.9 Å². The smallest absolute Gasteiger partial charge is 0.221 e. The zero-order valence-electron chi connectivity index (χ0n) is 7.61. The van der Waals surface area contributed by atoms with Crippen LogP contribution in [0, 0.1) is 0 Å². The maximum absolute atomic E-state index is 11.7. The lowest BCUT2D eigenvalue weighted by Crippen LogP contribution is -1.93. The van der Waals surface area contributed by atoms with Crippen molar-refractivity contribution in [2.24, 2.45) is 0 Å². The molecule has 0 spiro atoms. The van der Waals surface area contributed by atoms with Crippen molar-refractivity contribution in [1.29, 1.82) is 0 Å². The lowest BCUT2D eigenvalue weighted by Gasteiger charge is -2.16. The summed E-state index contributed by atoms with van der Waals surface area (Å²) in [5.41, 5.74) is 0.830. The predicted molar refractivity (Wildman–Crippen MR) is 55.6 cm³/mol. The van der Waals surface area contributed by atoms with E-state index >= 15 is 0 Å². The van der Waals surface area contributed by atoms with E-state index in [2.05, 4.69) is 0 Å². The summed E-state index contributed by atoms with van der Waals surface area (Å²) in [7, 11) is -1.31. The minimum absolute atomic E-state index is 0.557. The first-order valence-electron chi connectivity index (χ1n) is 3.90. The molecule has 72 valence electrons. The van der Waals surface area contributed by atoms with Crippen LogP contribution in [0.15, 0.2) is 30.3 Å². The third-order valence-electron chi connectivity index (χ3n) is 1.85. The average Bonchev–Trinajstić information content (AvgIpc) is 2.18. The number of hydrogen-bond donors (Lipinski definition) is 0. The Morgan fingerprint density at radius 3 is 2.38 bits per heavy atom. The molecule has 0 heterocycles. The molecule has 0 radical (unpaired) electrons. The molecular formula is C9H12ClO2P. The molecule has 1 rings (SSSR count). The van der Waals surface area contributed by atoms with Gasteiger partial charge in [-0.3, -0.25) is 4.57 Å². The Balaban J connectivity index is 2.92. The summed E-state index contributed by atoms with van der Waals surface area (Å²) in [5.74, 6) is 0. The van der Waals surface area contributed by atoms with Crippen LogP contribution in [0.1, 0.15) is 10.7 Å². The van der Waals surface area contributed by atoms with Crippen molar-refractivity contribution in [2.45, 2.75) is 5.12 Å². The topological polar surface area (TPSA) is 26.3 Å². The van der Waals surface area contributed by atoms with Crippen molar-refractivity contribution in [3.8, 4) is 0 Å². The van der Waals surface area contributed by atoms with E-state index in [1.807, 2.05) is 30.3 Å². The second-order valence-electron chi connectivity index (χ2n) is 2.84. The van der Waals surface area contributed by atoms with Crippen molar-refractivity contribution >= 4 is 19.0 Å². The molecule has 1 aromatic carbocycles. The second-order valence-corrected chi connectivity index (χ2v) is 6.28. The van der Waals surface area contributed by atoms with E-state index in [0.29, 0.717) is 0 Å². The molecule has 0 bridgehead atoms. The first kappa shape index (κ1) is 10.8. The van der Waals surface area contributed by atoms with E-state index in [4.69, 9.17) is 16.1 Å². The van der Waals surface area contributed by atoms with Crippen molar-refractivity contribution in [2.75, 3.05) is 13.8 Å². The first-order valence-corrected chi connectivity index (χ1v) is 6.47. The fraction of sp³-hybridized carbons (Fsp3) is 0.333. The van der Waals surface area contributed by atoms with Crippen LogP contribution in [-0.4, -0.2) is 13.8 Å². The third kappa shape index (κ3) is 2.57. The largest absolute Gasteiger partial charge is 0.331 e. The molecule has 0 aliphatic carbocycles. The molecule has 0 amide bonds. The number of alkyl halides is 1. The summed E-state index contributed by atoms with van der Waals surface area (Å²) < 4.78 is 16.6. The van der Waals surface area contributed by atoms with Gasteiger partial charge in [-0.1, -0.05) is 30.3 Å². The normalized spacial score (nSPS) is 17.8.